The fraction of sp³-hybridized carbons (Fsp3) is 0.222. The Morgan fingerprint density at radius 3 is 2.36 bits per heavy atom. The SMILES string of the molecule is NC(=O)c1cccc(CCNC(=O)Cc2cccc(C(F)(F)F)c2)c1. The van der Waals surface area contributed by atoms with E-state index in [1.165, 1.54) is 12.1 Å². The second kappa shape index (κ2) is 7.83. The molecule has 2 rings (SSSR count). The van der Waals surface area contributed by atoms with Crippen molar-refractivity contribution in [2.45, 2.75) is 19.0 Å². The highest BCUT2D eigenvalue weighted by molar-refractivity contribution is 5.92. The largest absolute Gasteiger partial charge is 0.416 e. The molecular formula is C18H17F3N2O2. The number of hydrogen-bond donors (Lipinski definition) is 2. The normalized spacial score (nSPS) is 11.2. The molecule has 0 bridgehead atoms. The van der Waals surface area contributed by atoms with Gasteiger partial charge in [0.2, 0.25) is 11.8 Å². The molecule has 0 aliphatic carbocycles. The molecule has 7 heteroatoms. The van der Waals surface area contributed by atoms with Gasteiger partial charge in [0.15, 0.2) is 0 Å². The summed E-state index contributed by atoms with van der Waals surface area (Å²) < 4.78 is 38.0. The number of nitrogens with one attached hydrogen (secondary N) is 1. The topological polar surface area (TPSA) is 72.2 Å². The van der Waals surface area contributed by atoms with Gasteiger partial charge in [-0.15, -0.1) is 0 Å². The van der Waals surface area contributed by atoms with E-state index in [0.717, 1.165) is 17.7 Å². The van der Waals surface area contributed by atoms with Crippen LogP contribution < -0.4 is 11.1 Å². The summed E-state index contributed by atoms with van der Waals surface area (Å²) in [4.78, 5) is 23.0. The van der Waals surface area contributed by atoms with E-state index in [2.05, 4.69) is 5.32 Å². The molecule has 2 aromatic carbocycles. The first-order chi connectivity index (χ1) is 11.8. The first-order valence-corrected chi connectivity index (χ1v) is 7.57. The standard InChI is InChI=1S/C18H17F3N2O2/c19-18(20,21)15-6-2-4-13(10-15)11-16(24)23-8-7-12-3-1-5-14(9-12)17(22)25/h1-6,9-10H,7-8,11H2,(H2,22,25)(H,23,24). The predicted molar refractivity (Wildman–Crippen MR) is 86.8 cm³/mol. The highest BCUT2D eigenvalue weighted by Crippen LogP contribution is 2.29. The molecule has 0 unspecified atom stereocenters. The molecule has 2 aromatic rings. The van der Waals surface area contributed by atoms with Crippen LogP contribution in [0.2, 0.25) is 0 Å². The Hall–Kier alpha value is -2.83. The van der Waals surface area contributed by atoms with Gasteiger partial charge in [0.1, 0.15) is 0 Å². The van der Waals surface area contributed by atoms with Crippen LogP contribution in [0.4, 0.5) is 13.2 Å². The lowest BCUT2D eigenvalue weighted by Crippen LogP contribution is -2.27. The average molecular weight is 350 g/mol. The van der Waals surface area contributed by atoms with Crippen molar-refractivity contribution in [3.8, 4) is 0 Å². The number of benzene rings is 2. The third-order valence-electron chi connectivity index (χ3n) is 3.57. The summed E-state index contributed by atoms with van der Waals surface area (Å²) in [6, 6.07) is 11.4. The van der Waals surface area contributed by atoms with Crippen LogP contribution in [0.1, 0.15) is 27.0 Å². The van der Waals surface area contributed by atoms with Gasteiger partial charge in [0, 0.05) is 12.1 Å². The third kappa shape index (κ3) is 5.63. The first kappa shape index (κ1) is 18.5. The van der Waals surface area contributed by atoms with E-state index >= 15 is 0 Å². The Balaban J connectivity index is 1.87. The minimum absolute atomic E-state index is 0.134. The van der Waals surface area contributed by atoms with Crippen LogP contribution in [0.5, 0.6) is 0 Å². The molecule has 0 fully saturated rings. The maximum Gasteiger partial charge on any atom is 0.416 e. The average Bonchev–Trinajstić information content (AvgIpc) is 2.54. The summed E-state index contributed by atoms with van der Waals surface area (Å²) >= 11 is 0. The monoisotopic (exact) mass is 350 g/mol. The number of halogens is 3. The maximum atomic E-state index is 12.7. The van der Waals surface area contributed by atoms with Crippen molar-refractivity contribution in [2.24, 2.45) is 5.73 Å². The molecular weight excluding hydrogens is 333 g/mol. The molecule has 0 aliphatic heterocycles. The number of primary amides is 1. The lowest BCUT2D eigenvalue weighted by Gasteiger charge is -2.09. The maximum absolute atomic E-state index is 12.7. The molecule has 2 amide bonds. The number of rotatable bonds is 6. The van der Waals surface area contributed by atoms with Crippen LogP contribution in [0.25, 0.3) is 0 Å². The van der Waals surface area contributed by atoms with E-state index in [-0.39, 0.29) is 12.3 Å². The van der Waals surface area contributed by atoms with Gasteiger partial charge in [-0.1, -0.05) is 30.3 Å². The van der Waals surface area contributed by atoms with E-state index in [9.17, 15) is 22.8 Å². The molecule has 0 atom stereocenters. The highest BCUT2D eigenvalue weighted by Gasteiger charge is 2.30. The van der Waals surface area contributed by atoms with Gasteiger partial charge in [0.05, 0.1) is 12.0 Å². The summed E-state index contributed by atoms with van der Waals surface area (Å²) in [6.45, 7) is 0.306. The molecule has 0 radical (unpaired) electrons. The summed E-state index contributed by atoms with van der Waals surface area (Å²) in [5.41, 5.74) is 5.93. The second-order valence-electron chi connectivity index (χ2n) is 5.54. The van der Waals surface area contributed by atoms with Crippen molar-refractivity contribution < 1.29 is 22.8 Å². The second-order valence-corrected chi connectivity index (χ2v) is 5.54. The molecule has 0 saturated carbocycles. The lowest BCUT2D eigenvalue weighted by molar-refractivity contribution is -0.137. The lowest BCUT2D eigenvalue weighted by atomic mass is 10.1. The van der Waals surface area contributed by atoms with Gasteiger partial charge < -0.3 is 11.1 Å². The molecule has 25 heavy (non-hydrogen) atoms. The number of nitrogens with two attached hydrogens (primary N) is 1. The zero-order valence-electron chi connectivity index (χ0n) is 13.3. The van der Waals surface area contributed by atoms with E-state index in [1.54, 1.807) is 24.3 Å². The molecule has 0 aliphatic rings. The molecule has 0 aromatic heterocycles. The zero-order chi connectivity index (χ0) is 18.4. The predicted octanol–water partition coefficient (Wildman–Crippen LogP) is 2.71. The Morgan fingerprint density at radius 1 is 1.00 bits per heavy atom. The van der Waals surface area contributed by atoms with Gasteiger partial charge in [-0.05, 0) is 35.7 Å². The number of carbonyl (C=O) groups is 2. The van der Waals surface area contributed by atoms with Crippen molar-refractivity contribution in [3.05, 3.63) is 70.8 Å². The Labute approximate surface area is 142 Å². The van der Waals surface area contributed by atoms with E-state index in [1.807, 2.05) is 0 Å². The van der Waals surface area contributed by atoms with Gasteiger partial charge >= 0.3 is 6.18 Å². The first-order valence-electron chi connectivity index (χ1n) is 7.57. The van der Waals surface area contributed by atoms with Crippen molar-refractivity contribution >= 4 is 11.8 Å². The van der Waals surface area contributed by atoms with Crippen LogP contribution in [-0.2, 0) is 23.8 Å². The summed E-state index contributed by atoms with van der Waals surface area (Å²) in [6.07, 6.45) is -4.08. The van der Waals surface area contributed by atoms with Crippen molar-refractivity contribution in [3.63, 3.8) is 0 Å². The fourth-order valence-corrected chi connectivity index (χ4v) is 2.33. The van der Waals surface area contributed by atoms with Gasteiger partial charge in [-0.2, -0.15) is 13.2 Å². The number of hydrogen-bond acceptors (Lipinski definition) is 2. The Bertz CT molecular complexity index is 773. The molecule has 4 nitrogen and oxygen atoms in total. The van der Waals surface area contributed by atoms with Crippen LogP contribution in [-0.4, -0.2) is 18.4 Å². The van der Waals surface area contributed by atoms with Crippen LogP contribution >= 0.6 is 0 Å². The molecule has 3 N–H and O–H groups in total. The minimum Gasteiger partial charge on any atom is -0.366 e. The number of carbonyl (C=O) groups excluding carboxylic acids is 2. The zero-order valence-corrected chi connectivity index (χ0v) is 13.3. The summed E-state index contributed by atoms with van der Waals surface area (Å²) in [7, 11) is 0. The Kier molecular flexibility index (Phi) is 5.80. The van der Waals surface area contributed by atoms with Crippen LogP contribution in [0, 0.1) is 0 Å². The molecule has 0 spiro atoms. The Morgan fingerprint density at radius 2 is 1.68 bits per heavy atom. The fourth-order valence-electron chi connectivity index (χ4n) is 2.33. The number of amides is 2. The van der Waals surface area contributed by atoms with Crippen LogP contribution in [0.3, 0.4) is 0 Å². The minimum atomic E-state index is -4.43. The molecule has 132 valence electrons. The number of alkyl halides is 3. The van der Waals surface area contributed by atoms with E-state index in [4.69, 9.17) is 5.73 Å². The molecule has 0 heterocycles. The van der Waals surface area contributed by atoms with Gasteiger partial charge in [-0.25, -0.2) is 0 Å². The van der Waals surface area contributed by atoms with E-state index < -0.39 is 17.6 Å². The van der Waals surface area contributed by atoms with Crippen molar-refractivity contribution in [2.75, 3.05) is 6.54 Å². The van der Waals surface area contributed by atoms with Crippen molar-refractivity contribution in [1.29, 1.82) is 0 Å². The summed E-state index contributed by atoms with van der Waals surface area (Å²) in [5, 5.41) is 2.65. The summed E-state index contributed by atoms with van der Waals surface area (Å²) in [5.74, 6) is -0.902. The smallest absolute Gasteiger partial charge is 0.366 e. The van der Waals surface area contributed by atoms with Crippen molar-refractivity contribution in [1.82, 2.24) is 5.32 Å². The highest BCUT2D eigenvalue weighted by atomic mass is 19.4. The quantitative estimate of drug-likeness (QED) is 0.841. The van der Waals surface area contributed by atoms with E-state index in [0.29, 0.717) is 24.1 Å². The van der Waals surface area contributed by atoms with Crippen LogP contribution in [0.15, 0.2) is 48.5 Å². The van der Waals surface area contributed by atoms with Gasteiger partial charge in [0.25, 0.3) is 0 Å². The third-order valence-corrected chi connectivity index (χ3v) is 3.57. The van der Waals surface area contributed by atoms with Gasteiger partial charge in [-0.3, -0.25) is 9.59 Å². The molecule has 0 saturated heterocycles.